The summed E-state index contributed by atoms with van der Waals surface area (Å²) in [5.74, 6) is 0.174. The van der Waals surface area contributed by atoms with Gasteiger partial charge in [-0.15, -0.1) is 0 Å². The van der Waals surface area contributed by atoms with Crippen LogP contribution < -0.4 is 5.32 Å². The molecule has 2 atom stereocenters. The fraction of sp³-hybridized carbons (Fsp3) is 0.579. The van der Waals surface area contributed by atoms with Crippen molar-refractivity contribution in [3.05, 3.63) is 35.9 Å². The van der Waals surface area contributed by atoms with E-state index in [-0.39, 0.29) is 17.9 Å². The van der Waals surface area contributed by atoms with Crippen LogP contribution in [0.5, 0.6) is 0 Å². The molecule has 1 heterocycles. The van der Waals surface area contributed by atoms with E-state index in [0.29, 0.717) is 31.0 Å². The molecule has 0 bridgehead atoms. The van der Waals surface area contributed by atoms with Gasteiger partial charge in [0, 0.05) is 25.8 Å². The number of hydrogen-bond donors (Lipinski definition) is 1. The molecular formula is C19H28N2O3. The molecule has 0 spiro atoms. The summed E-state index contributed by atoms with van der Waals surface area (Å²) in [5, 5.41) is 2.96. The summed E-state index contributed by atoms with van der Waals surface area (Å²) < 4.78 is 5.40. The number of rotatable bonds is 6. The molecule has 2 rings (SSSR count). The van der Waals surface area contributed by atoms with Crippen LogP contribution >= 0.6 is 0 Å². The molecule has 5 heteroatoms. The monoisotopic (exact) mass is 332 g/mol. The molecule has 2 unspecified atom stereocenters. The summed E-state index contributed by atoms with van der Waals surface area (Å²) in [5.41, 5.74) is 0.633. The van der Waals surface area contributed by atoms with Crippen LogP contribution in [0.1, 0.15) is 43.5 Å². The van der Waals surface area contributed by atoms with E-state index < -0.39 is 6.04 Å². The molecule has 0 aromatic heterocycles. The van der Waals surface area contributed by atoms with E-state index in [4.69, 9.17) is 4.74 Å². The minimum atomic E-state index is -0.392. The topological polar surface area (TPSA) is 58.6 Å². The number of ether oxygens (including phenoxy) is 1. The normalized spacial score (nSPS) is 19.2. The lowest BCUT2D eigenvalue weighted by atomic mass is 9.99. The predicted octanol–water partition coefficient (Wildman–Crippen LogP) is 2.47. The van der Waals surface area contributed by atoms with Crippen molar-refractivity contribution in [3.63, 3.8) is 0 Å². The molecule has 1 fully saturated rings. The first-order valence-corrected chi connectivity index (χ1v) is 8.71. The van der Waals surface area contributed by atoms with E-state index in [1.807, 2.05) is 18.2 Å². The van der Waals surface area contributed by atoms with Crippen molar-refractivity contribution in [2.75, 3.05) is 20.2 Å². The van der Waals surface area contributed by atoms with E-state index in [1.54, 1.807) is 24.1 Å². The van der Waals surface area contributed by atoms with Crippen LogP contribution in [0.3, 0.4) is 0 Å². The van der Waals surface area contributed by atoms with Gasteiger partial charge < -0.3 is 15.0 Å². The number of hydrogen-bond acceptors (Lipinski definition) is 3. The Morgan fingerprint density at radius 2 is 1.96 bits per heavy atom. The fourth-order valence-corrected chi connectivity index (χ4v) is 3.10. The Kier molecular flexibility index (Phi) is 6.79. The van der Waals surface area contributed by atoms with Gasteiger partial charge in [-0.2, -0.15) is 0 Å². The standard InChI is InChI=1S/C19H28N2O3/c1-14(2)17(24-3)13-20-18(22)16-11-7-8-12-21(16)19(23)15-9-5-4-6-10-15/h4-6,9-10,14,16-17H,7-8,11-13H2,1-3H3,(H,20,22). The Hall–Kier alpha value is -1.88. The molecule has 1 N–H and O–H groups in total. The molecule has 2 amide bonds. The third-order valence-corrected chi connectivity index (χ3v) is 4.61. The first kappa shape index (κ1) is 18.5. The van der Waals surface area contributed by atoms with Gasteiger partial charge in [-0.05, 0) is 37.3 Å². The highest BCUT2D eigenvalue weighted by molar-refractivity contribution is 5.97. The fourth-order valence-electron chi connectivity index (χ4n) is 3.10. The SMILES string of the molecule is COC(CNC(=O)C1CCCCN1C(=O)c1ccccc1)C(C)C. The van der Waals surface area contributed by atoms with Gasteiger partial charge in [-0.3, -0.25) is 9.59 Å². The Morgan fingerprint density at radius 1 is 1.25 bits per heavy atom. The van der Waals surface area contributed by atoms with Gasteiger partial charge in [0.1, 0.15) is 6.04 Å². The second kappa shape index (κ2) is 8.83. The second-order valence-electron chi connectivity index (χ2n) is 6.64. The quantitative estimate of drug-likeness (QED) is 0.870. The lowest BCUT2D eigenvalue weighted by Gasteiger charge is -2.35. The number of piperidine rings is 1. The number of likely N-dealkylation sites (tertiary alicyclic amines) is 1. The number of carbonyl (C=O) groups is 2. The summed E-state index contributed by atoms with van der Waals surface area (Å²) in [4.78, 5) is 27.1. The van der Waals surface area contributed by atoms with Crippen LogP contribution in [-0.4, -0.2) is 49.1 Å². The average Bonchev–Trinajstić information content (AvgIpc) is 2.62. The lowest BCUT2D eigenvalue weighted by Crippen LogP contribution is -2.53. The van der Waals surface area contributed by atoms with Crippen LogP contribution in [-0.2, 0) is 9.53 Å². The Labute approximate surface area is 144 Å². The van der Waals surface area contributed by atoms with Crippen molar-refractivity contribution in [2.24, 2.45) is 5.92 Å². The maximum atomic E-state index is 12.7. The summed E-state index contributed by atoms with van der Waals surface area (Å²) >= 11 is 0. The van der Waals surface area contributed by atoms with Gasteiger partial charge in [0.05, 0.1) is 6.10 Å². The maximum Gasteiger partial charge on any atom is 0.254 e. The maximum absolute atomic E-state index is 12.7. The molecule has 1 aromatic rings. The van der Waals surface area contributed by atoms with E-state index >= 15 is 0 Å². The van der Waals surface area contributed by atoms with Gasteiger partial charge in [-0.25, -0.2) is 0 Å². The number of carbonyl (C=O) groups excluding carboxylic acids is 2. The summed E-state index contributed by atoms with van der Waals surface area (Å²) in [6.45, 7) is 5.22. The third kappa shape index (κ3) is 4.57. The van der Waals surface area contributed by atoms with E-state index in [2.05, 4.69) is 19.2 Å². The minimum Gasteiger partial charge on any atom is -0.379 e. The van der Waals surface area contributed by atoms with Crippen LogP contribution in [0, 0.1) is 5.92 Å². The van der Waals surface area contributed by atoms with Gasteiger partial charge >= 0.3 is 0 Å². The Bertz CT molecular complexity index is 545. The largest absolute Gasteiger partial charge is 0.379 e. The minimum absolute atomic E-state index is 0.0178. The third-order valence-electron chi connectivity index (χ3n) is 4.61. The van der Waals surface area contributed by atoms with Crippen molar-refractivity contribution in [1.82, 2.24) is 10.2 Å². The van der Waals surface area contributed by atoms with Crippen molar-refractivity contribution in [1.29, 1.82) is 0 Å². The summed E-state index contributed by atoms with van der Waals surface area (Å²) in [6.07, 6.45) is 2.60. The molecule has 1 aliphatic rings. The number of nitrogens with one attached hydrogen (secondary N) is 1. The van der Waals surface area contributed by atoms with Crippen molar-refractivity contribution >= 4 is 11.8 Å². The second-order valence-corrected chi connectivity index (χ2v) is 6.64. The predicted molar refractivity (Wildman–Crippen MR) is 93.8 cm³/mol. The van der Waals surface area contributed by atoms with Crippen LogP contribution in [0.25, 0.3) is 0 Å². The lowest BCUT2D eigenvalue weighted by molar-refractivity contribution is -0.127. The zero-order valence-corrected chi connectivity index (χ0v) is 14.8. The molecule has 1 aliphatic heterocycles. The summed E-state index contributed by atoms with van der Waals surface area (Å²) in [7, 11) is 1.66. The molecule has 0 saturated carbocycles. The zero-order chi connectivity index (χ0) is 17.5. The zero-order valence-electron chi connectivity index (χ0n) is 14.8. The number of benzene rings is 1. The smallest absolute Gasteiger partial charge is 0.254 e. The molecule has 1 aromatic carbocycles. The van der Waals surface area contributed by atoms with Crippen molar-refractivity contribution in [3.8, 4) is 0 Å². The molecule has 24 heavy (non-hydrogen) atoms. The highest BCUT2D eigenvalue weighted by Gasteiger charge is 2.32. The number of amides is 2. The van der Waals surface area contributed by atoms with E-state index in [9.17, 15) is 9.59 Å². The Balaban J connectivity index is 2.03. The molecule has 0 aliphatic carbocycles. The van der Waals surface area contributed by atoms with Gasteiger partial charge in [-0.1, -0.05) is 32.0 Å². The highest BCUT2D eigenvalue weighted by atomic mass is 16.5. The Morgan fingerprint density at radius 3 is 2.58 bits per heavy atom. The molecule has 1 saturated heterocycles. The average molecular weight is 332 g/mol. The number of methoxy groups -OCH3 is 1. The first-order chi connectivity index (χ1) is 11.5. The van der Waals surface area contributed by atoms with Crippen LogP contribution in [0.15, 0.2) is 30.3 Å². The molecule has 5 nitrogen and oxygen atoms in total. The van der Waals surface area contributed by atoms with E-state index in [0.717, 1.165) is 12.8 Å². The highest BCUT2D eigenvalue weighted by Crippen LogP contribution is 2.20. The van der Waals surface area contributed by atoms with Gasteiger partial charge in [0.25, 0.3) is 5.91 Å². The van der Waals surface area contributed by atoms with Crippen molar-refractivity contribution in [2.45, 2.75) is 45.3 Å². The van der Waals surface area contributed by atoms with Gasteiger partial charge in [0.15, 0.2) is 0 Å². The summed E-state index contributed by atoms with van der Waals surface area (Å²) in [6, 6.07) is 8.78. The molecular weight excluding hydrogens is 304 g/mol. The van der Waals surface area contributed by atoms with Crippen LogP contribution in [0.2, 0.25) is 0 Å². The first-order valence-electron chi connectivity index (χ1n) is 8.71. The van der Waals surface area contributed by atoms with Crippen LogP contribution in [0.4, 0.5) is 0 Å². The van der Waals surface area contributed by atoms with Gasteiger partial charge in [0.2, 0.25) is 5.91 Å². The number of nitrogens with zero attached hydrogens (tertiary/aromatic N) is 1. The van der Waals surface area contributed by atoms with E-state index in [1.165, 1.54) is 0 Å². The van der Waals surface area contributed by atoms with Crippen molar-refractivity contribution < 1.29 is 14.3 Å². The molecule has 0 radical (unpaired) electrons. The molecule has 132 valence electrons.